The van der Waals surface area contributed by atoms with Crippen LogP contribution in [-0.4, -0.2) is 0 Å². The Bertz CT molecular complexity index is 96.2. The van der Waals surface area contributed by atoms with Crippen molar-refractivity contribution in [1.29, 1.82) is 0 Å². The lowest BCUT2D eigenvalue weighted by atomic mass is 9.85. The van der Waals surface area contributed by atoms with Crippen molar-refractivity contribution in [1.82, 2.24) is 0 Å². The predicted octanol–water partition coefficient (Wildman–Crippen LogP) is 3.82. The third-order valence-corrected chi connectivity index (χ3v) is 3.04. The Morgan fingerprint density at radius 2 is 1.82 bits per heavy atom. The molecule has 0 N–H and O–H groups in total. The molecule has 2 unspecified atom stereocenters. The maximum Gasteiger partial charge on any atom is -0.0414 e. The minimum absolute atomic E-state index is 0.754. The first-order chi connectivity index (χ1) is 5.33. The Morgan fingerprint density at radius 3 is 2.55 bits per heavy atom. The van der Waals surface area contributed by atoms with E-state index < -0.39 is 0 Å². The Labute approximate surface area is 71.4 Å². The summed E-state index contributed by atoms with van der Waals surface area (Å²) in [5.74, 6) is 1.77. The summed E-state index contributed by atoms with van der Waals surface area (Å²) < 4.78 is 0. The van der Waals surface area contributed by atoms with Gasteiger partial charge in [0, 0.05) is 0 Å². The summed E-state index contributed by atoms with van der Waals surface area (Å²) in [6, 6.07) is 0. The highest BCUT2D eigenvalue weighted by molar-refractivity contribution is 4.69. The molecule has 0 saturated heterocycles. The van der Waals surface area contributed by atoms with Crippen molar-refractivity contribution in [2.24, 2.45) is 11.8 Å². The highest BCUT2D eigenvalue weighted by Crippen LogP contribution is 2.27. The molecule has 0 aliphatic heterocycles. The minimum atomic E-state index is 0.754. The van der Waals surface area contributed by atoms with E-state index in [1.165, 1.54) is 44.9 Å². The standard InChI is InChI=1S/C11H21/c1-3-11-7-5-4-6-10(2)8-9-11/h10-11H,2-9H2,1H3. The molecule has 65 valence electrons. The van der Waals surface area contributed by atoms with Crippen LogP contribution >= 0.6 is 0 Å². The van der Waals surface area contributed by atoms with Crippen LogP contribution in [0, 0.1) is 18.8 Å². The summed E-state index contributed by atoms with van der Waals surface area (Å²) in [4.78, 5) is 0. The summed E-state index contributed by atoms with van der Waals surface area (Å²) >= 11 is 0. The van der Waals surface area contributed by atoms with Crippen LogP contribution in [-0.2, 0) is 0 Å². The van der Waals surface area contributed by atoms with Crippen LogP contribution < -0.4 is 0 Å². The molecular formula is C11H21. The Kier molecular flexibility index (Phi) is 3.96. The molecule has 0 aromatic rings. The van der Waals surface area contributed by atoms with Gasteiger partial charge in [0.1, 0.15) is 0 Å². The SMILES string of the molecule is [CH2]C1CCCCC(CC)CC1. The molecule has 0 aromatic heterocycles. The van der Waals surface area contributed by atoms with Gasteiger partial charge in [-0.3, -0.25) is 0 Å². The number of hydrogen-bond donors (Lipinski definition) is 0. The summed E-state index contributed by atoms with van der Waals surface area (Å²) in [5, 5.41) is 0. The van der Waals surface area contributed by atoms with Gasteiger partial charge >= 0.3 is 0 Å². The lowest BCUT2D eigenvalue weighted by molar-refractivity contribution is 0.335. The van der Waals surface area contributed by atoms with Crippen LogP contribution in [0.15, 0.2) is 0 Å². The maximum atomic E-state index is 4.17. The molecule has 0 bridgehead atoms. The normalized spacial score (nSPS) is 34.4. The molecule has 0 amide bonds. The molecule has 1 saturated carbocycles. The van der Waals surface area contributed by atoms with Gasteiger partial charge in [0.15, 0.2) is 0 Å². The van der Waals surface area contributed by atoms with E-state index in [0.717, 1.165) is 11.8 Å². The summed E-state index contributed by atoms with van der Waals surface area (Å²) in [6.07, 6.45) is 9.91. The summed E-state index contributed by atoms with van der Waals surface area (Å²) in [6.45, 7) is 6.49. The average molecular weight is 153 g/mol. The molecule has 1 aliphatic carbocycles. The second-order valence-corrected chi connectivity index (χ2v) is 4.00. The first kappa shape index (κ1) is 9.09. The molecule has 11 heavy (non-hydrogen) atoms. The Hall–Kier alpha value is 0. The largest absolute Gasteiger partial charge is 0.0651 e. The number of rotatable bonds is 1. The van der Waals surface area contributed by atoms with E-state index in [9.17, 15) is 0 Å². The second kappa shape index (κ2) is 4.79. The number of hydrogen-bond acceptors (Lipinski definition) is 0. The van der Waals surface area contributed by atoms with Crippen LogP contribution in [0.3, 0.4) is 0 Å². The van der Waals surface area contributed by atoms with E-state index in [0.29, 0.717) is 0 Å². The smallest absolute Gasteiger partial charge is 0.0414 e. The van der Waals surface area contributed by atoms with Crippen molar-refractivity contribution in [2.75, 3.05) is 0 Å². The van der Waals surface area contributed by atoms with E-state index >= 15 is 0 Å². The fraction of sp³-hybridized carbons (Fsp3) is 0.909. The molecule has 1 aliphatic rings. The van der Waals surface area contributed by atoms with Crippen molar-refractivity contribution < 1.29 is 0 Å². The van der Waals surface area contributed by atoms with E-state index in [-0.39, 0.29) is 0 Å². The zero-order chi connectivity index (χ0) is 8.10. The fourth-order valence-electron chi connectivity index (χ4n) is 2.03. The molecule has 0 nitrogen and oxygen atoms in total. The first-order valence-corrected chi connectivity index (χ1v) is 5.16. The fourth-order valence-corrected chi connectivity index (χ4v) is 2.03. The third-order valence-electron chi connectivity index (χ3n) is 3.04. The van der Waals surface area contributed by atoms with Crippen molar-refractivity contribution >= 4 is 0 Å². The van der Waals surface area contributed by atoms with Crippen LogP contribution in [0.4, 0.5) is 0 Å². The highest BCUT2D eigenvalue weighted by atomic mass is 14.2. The molecular weight excluding hydrogens is 132 g/mol. The van der Waals surface area contributed by atoms with Gasteiger partial charge in [-0.25, -0.2) is 0 Å². The molecule has 0 heteroatoms. The lowest BCUT2D eigenvalue weighted by Crippen LogP contribution is -2.07. The van der Waals surface area contributed by atoms with E-state index in [4.69, 9.17) is 0 Å². The van der Waals surface area contributed by atoms with Crippen molar-refractivity contribution in [3.05, 3.63) is 6.92 Å². The monoisotopic (exact) mass is 153 g/mol. The van der Waals surface area contributed by atoms with Crippen molar-refractivity contribution in [3.63, 3.8) is 0 Å². The Morgan fingerprint density at radius 1 is 1.09 bits per heavy atom. The van der Waals surface area contributed by atoms with Gasteiger partial charge in [0.25, 0.3) is 0 Å². The van der Waals surface area contributed by atoms with Crippen LogP contribution in [0.2, 0.25) is 0 Å². The quantitative estimate of drug-likeness (QED) is 0.537. The van der Waals surface area contributed by atoms with Crippen LogP contribution in [0.25, 0.3) is 0 Å². The molecule has 2 atom stereocenters. The van der Waals surface area contributed by atoms with E-state index in [2.05, 4.69) is 13.8 Å². The van der Waals surface area contributed by atoms with E-state index in [1.807, 2.05) is 0 Å². The lowest BCUT2D eigenvalue weighted by Gasteiger charge is -2.21. The molecule has 0 aromatic carbocycles. The summed E-state index contributed by atoms with van der Waals surface area (Å²) in [5.41, 5.74) is 0. The molecule has 0 spiro atoms. The minimum Gasteiger partial charge on any atom is -0.0651 e. The maximum absolute atomic E-state index is 4.17. The molecule has 1 rings (SSSR count). The van der Waals surface area contributed by atoms with Crippen LogP contribution in [0.1, 0.15) is 51.9 Å². The topological polar surface area (TPSA) is 0 Å². The van der Waals surface area contributed by atoms with Crippen molar-refractivity contribution in [3.8, 4) is 0 Å². The van der Waals surface area contributed by atoms with Gasteiger partial charge in [0.05, 0.1) is 0 Å². The molecule has 1 radical (unpaired) electrons. The Balaban J connectivity index is 2.25. The highest BCUT2D eigenvalue weighted by Gasteiger charge is 2.12. The first-order valence-electron chi connectivity index (χ1n) is 5.16. The van der Waals surface area contributed by atoms with E-state index in [1.54, 1.807) is 0 Å². The molecule has 1 fully saturated rings. The van der Waals surface area contributed by atoms with Crippen LogP contribution in [0.5, 0.6) is 0 Å². The predicted molar refractivity (Wildman–Crippen MR) is 50.3 cm³/mol. The van der Waals surface area contributed by atoms with Gasteiger partial charge < -0.3 is 0 Å². The van der Waals surface area contributed by atoms with Gasteiger partial charge in [-0.05, 0) is 11.8 Å². The zero-order valence-corrected chi connectivity index (χ0v) is 7.81. The van der Waals surface area contributed by atoms with Gasteiger partial charge in [-0.1, -0.05) is 58.8 Å². The van der Waals surface area contributed by atoms with Gasteiger partial charge in [-0.15, -0.1) is 0 Å². The van der Waals surface area contributed by atoms with Crippen molar-refractivity contribution in [2.45, 2.75) is 51.9 Å². The summed E-state index contributed by atoms with van der Waals surface area (Å²) in [7, 11) is 0. The third kappa shape index (κ3) is 3.27. The van der Waals surface area contributed by atoms with Gasteiger partial charge in [-0.2, -0.15) is 0 Å². The zero-order valence-electron chi connectivity index (χ0n) is 7.81. The van der Waals surface area contributed by atoms with Gasteiger partial charge in [0.2, 0.25) is 0 Å². The average Bonchev–Trinajstić information content (AvgIpc) is 1.98. The second-order valence-electron chi connectivity index (χ2n) is 4.00. The molecule has 0 heterocycles.